The zero-order chi connectivity index (χ0) is 18.1. The average Bonchev–Trinajstić information content (AvgIpc) is 3.08. The summed E-state index contributed by atoms with van der Waals surface area (Å²) in [5, 5.41) is 0. The van der Waals surface area contributed by atoms with Crippen molar-refractivity contribution in [3.05, 3.63) is 35.9 Å². The number of hydrogen-bond donors (Lipinski definition) is 0. The van der Waals surface area contributed by atoms with Gasteiger partial charge in [0.1, 0.15) is 0 Å². The third-order valence-corrected chi connectivity index (χ3v) is 5.94. The number of nitrogens with zero attached hydrogens (tertiary/aromatic N) is 3. The third kappa shape index (κ3) is 3.12. The Morgan fingerprint density at radius 2 is 1.92 bits per heavy atom. The van der Waals surface area contributed by atoms with E-state index >= 15 is 0 Å². The molecule has 3 saturated heterocycles. The normalized spacial score (nSPS) is 29.7. The van der Waals surface area contributed by atoms with E-state index in [4.69, 9.17) is 4.74 Å². The highest BCUT2D eigenvalue weighted by Gasteiger charge is 2.50. The second-order valence-corrected chi connectivity index (χ2v) is 7.42. The van der Waals surface area contributed by atoms with Crippen molar-refractivity contribution in [1.29, 1.82) is 0 Å². The molecular weight excluding hydrogens is 330 g/mol. The lowest BCUT2D eigenvalue weighted by Crippen LogP contribution is -2.54. The summed E-state index contributed by atoms with van der Waals surface area (Å²) >= 11 is 0. The maximum absolute atomic E-state index is 13.3. The van der Waals surface area contributed by atoms with Gasteiger partial charge in [-0.15, -0.1) is 0 Å². The van der Waals surface area contributed by atoms with Crippen LogP contribution in [0.3, 0.4) is 0 Å². The number of hydrogen-bond acceptors (Lipinski definition) is 4. The van der Waals surface area contributed by atoms with E-state index in [2.05, 4.69) is 11.8 Å². The Morgan fingerprint density at radius 1 is 1.19 bits per heavy atom. The number of fused-ring (bicyclic) bond motifs is 1. The van der Waals surface area contributed by atoms with E-state index in [0.717, 1.165) is 25.1 Å². The van der Waals surface area contributed by atoms with Gasteiger partial charge in [-0.25, -0.2) is 0 Å². The van der Waals surface area contributed by atoms with Crippen LogP contribution in [0.1, 0.15) is 24.9 Å². The van der Waals surface area contributed by atoms with Gasteiger partial charge in [-0.1, -0.05) is 37.3 Å². The molecule has 0 unspecified atom stereocenters. The average molecular weight is 357 g/mol. The van der Waals surface area contributed by atoms with E-state index in [1.807, 2.05) is 40.1 Å². The summed E-state index contributed by atoms with van der Waals surface area (Å²) in [5.74, 6) is 0.155. The first-order chi connectivity index (χ1) is 12.7. The van der Waals surface area contributed by atoms with E-state index < -0.39 is 0 Å². The number of carbonyl (C=O) groups is 2. The van der Waals surface area contributed by atoms with Crippen LogP contribution < -0.4 is 0 Å². The molecular formula is C20H27N3O3. The van der Waals surface area contributed by atoms with Gasteiger partial charge in [0.15, 0.2) is 0 Å². The molecule has 0 saturated carbocycles. The number of piperazine rings is 1. The predicted octanol–water partition coefficient (Wildman–Crippen LogP) is 1.14. The molecule has 4 rings (SSSR count). The Hall–Kier alpha value is -1.92. The summed E-state index contributed by atoms with van der Waals surface area (Å²) in [4.78, 5) is 32.3. The van der Waals surface area contributed by atoms with E-state index in [1.54, 1.807) is 0 Å². The molecule has 0 spiro atoms. The molecule has 6 heteroatoms. The minimum absolute atomic E-state index is 0.122. The zero-order valence-corrected chi connectivity index (χ0v) is 15.3. The van der Waals surface area contributed by atoms with E-state index in [-0.39, 0.29) is 29.8 Å². The van der Waals surface area contributed by atoms with Crippen LogP contribution in [0.15, 0.2) is 30.3 Å². The Labute approximate surface area is 154 Å². The van der Waals surface area contributed by atoms with E-state index in [9.17, 15) is 9.59 Å². The fraction of sp³-hybridized carbons (Fsp3) is 0.600. The number of rotatable bonds is 3. The van der Waals surface area contributed by atoms with Crippen LogP contribution in [0.4, 0.5) is 0 Å². The summed E-state index contributed by atoms with van der Waals surface area (Å²) in [6.07, 6.45) is 0.748. The summed E-state index contributed by atoms with van der Waals surface area (Å²) in [6.45, 7) is 6.77. The quantitative estimate of drug-likeness (QED) is 0.814. The first-order valence-electron chi connectivity index (χ1n) is 9.64. The number of morpholine rings is 1. The molecule has 140 valence electrons. The van der Waals surface area contributed by atoms with Crippen molar-refractivity contribution in [2.45, 2.75) is 25.4 Å². The third-order valence-electron chi connectivity index (χ3n) is 5.94. The van der Waals surface area contributed by atoms with Gasteiger partial charge in [0.25, 0.3) is 0 Å². The minimum atomic E-state index is -0.166. The van der Waals surface area contributed by atoms with Crippen molar-refractivity contribution in [2.24, 2.45) is 5.92 Å². The zero-order valence-electron chi connectivity index (χ0n) is 15.3. The molecule has 1 aromatic carbocycles. The summed E-state index contributed by atoms with van der Waals surface area (Å²) in [6, 6.07) is 10.0. The maximum atomic E-state index is 13.3. The molecule has 1 aromatic rings. The molecule has 3 atom stereocenters. The van der Waals surface area contributed by atoms with Crippen LogP contribution in [0.25, 0.3) is 0 Å². The van der Waals surface area contributed by atoms with E-state index in [0.29, 0.717) is 32.8 Å². The van der Waals surface area contributed by atoms with Gasteiger partial charge in [-0.05, 0) is 18.5 Å². The van der Waals surface area contributed by atoms with Crippen LogP contribution in [0.5, 0.6) is 0 Å². The SMILES string of the molecule is CCN1CC(=O)N2[C@H](C[C@@H](C(=O)N3CCOCC3)[C@H]2c2ccccc2)C1. The van der Waals surface area contributed by atoms with Crippen LogP contribution in [-0.4, -0.2) is 78.5 Å². The van der Waals surface area contributed by atoms with Crippen molar-refractivity contribution in [1.82, 2.24) is 14.7 Å². The van der Waals surface area contributed by atoms with Gasteiger partial charge >= 0.3 is 0 Å². The Balaban J connectivity index is 1.65. The highest BCUT2D eigenvalue weighted by Crippen LogP contribution is 2.43. The molecule has 0 N–H and O–H groups in total. The largest absolute Gasteiger partial charge is 0.378 e. The minimum Gasteiger partial charge on any atom is -0.378 e. The molecule has 3 heterocycles. The molecule has 3 aliphatic rings. The van der Waals surface area contributed by atoms with Crippen molar-refractivity contribution < 1.29 is 14.3 Å². The lowest BCUT2D eigenvalue weighted by molar-refractivity contribution is -0.143. The molecule has 0 aromatic heterocycles. The smallest absolute Gasteiger partial charge is 0.237 e. The molecule has 0 radical (unpaired) electrons. The number of ether oxygens (including phenoxy) is 1. The summed E-state index contributed by atoms with van der Waals surface area (Å²) in [7, 11) is 0. The van der Waals surface area contributed by atoms with Crippen LogP contribution in [0, 0.1) is 5.92 Å². The van der Waals surface area contributed by atoms with Crippen molar-refractivity contribution >= 4 is 11.8 Å². The number of carbonyl (C=O) groups excluding carboxylic acids is 2. The Bertz CT molecular complexity index is 660. The monoisotopic (exact) mass is 357 g/mol. The van der Waals surface area contributed by atoms with Crippen LogP contribution in [-0.2, 0) is 14.3 Å². The fourth-order valence-electron chi connectivity index (χ4n) is 4.65. The highest BCUT2D eigenvalue weighted by molar-refractivity contribution is 5.85. The summed E-state index contributed by atoms with van der Waals surface area (Å²) < 4.78 is 5.40. The van der Waals surface area contributed by atoms with Crippen molar-refractivity contribution in [2.75, 3.05) is 45.9 Å². The molecule has 2 amide bonds. The van der Waals surface area contributed by atoms with Crippen molar-refractivity contribution in [3.63, 3.8) is 0 Å². The first-order valence-corrected chi connectivity index (χ1v) is 9.64. The maximum Gasteiger partial charge on any atom is 0.237 e. The van der Waals surface area contributed by atoms with E-state index in [1.165, 1.54) is 0 Å². The lowest BCUT2D eigenvalue weighted by atomic mass is 9.91. The van der Waals surface area contributed by atoms with Crippen LogP contribution in [0.2, 0.25) is 0 Å². The predicted molar refractivity (Wildman–Crippen MR) is 97.4 cm³/mol. The van der Waals surface area contributed by atoms with Crippen LogP contribution >= 0.6 is 0 Å². The topological polar surface area (TPSA) is 53.1 Å². The summed E-state index contributed by atoms with van der Waals surface area (Å²) in [5.41, 5.74) is 1.07. The molecule has 0 aliphatic carbocycles. The Kier molecular flexibility index (Phi) is 4.96. The highest BCUT2D eigenvalue weighted by atomic mass is 16.5. The molecule has 3 aliphatic heterocycles. The van der Waals surface area contributed by atoms with Gasteiger partial charge < -0.3 is 14.5 Å². The second kappa shape index (κ2) is 7.37. The molecule has 6 nitrogen and oxygen atoms in total. The van der Waals surface area contributed by atoms with Gasteiger partial charge in [0.2, 0.25) is 11.8 Å². The van der Waals surface area contributed by atoms with Crippen molar-refractivity contribution in [3.8, 4) is 0 Å². The molecule has 3 fully saturated rings. The molecule has 0 bridgehead atoms. The van der Waals surface area contributed by atoms with Gasteiger partial charge in [-0.3, -0.25) is 14.5 Å². The molecule has 26 heavy (non-hydrogen) atoms. The second-order valence-electron chi connectivity index (χ2n) is 7.42. The van der Waals surface area contributed by atoms with Gasteiger partial charge in [0.05, 0.1) is 31.7 Å². The standard InChI is InChI=1S/C20H27N3O3/c1-2-21-13-16-12-17(20(25)22-8-10-26-11-9-22)19(23(16)18(24)14-21)15-6-4-3-5-7-15/h3-7,16-17,19H,2,8-14H2,1H3/t16-,17-,19-/m1/s1. The number of benzene rings is 1. The van der Waals surface area contributed by atoms with Gasteiger partial charge in [0, 0.05) is 25.7 Å². The number of likely N-dealkylation sites (N-methyl/N-ethyl adjacent to an activating group) is 1. The first kappa shape index (κ1) is 17.5. The Morgan fingerprint density at radius 3 is 2.62 bits per heavy atom. The number of amides is 2. The lowest BCUT2D eigenvalue weighted by Gasteiger charge is -2.40. The van der Waals surface area contributed by atoms with Gasteiger partial charge in [-0.2, -0.15) is 0 Å². The fourth-order valence-corrected chi connectivity index (χ4v) is 4.65.